The quantitative estimate of drug-likeness (QED) is 0.879. The summed E-state index contributed by atoms with van der Waals surface area (Å²) in [6.45, 7) is 3.88. The van der Waals surface area contributed by atoms with Crippen LogP contribution in [-0.2, 0) is 0 Å². The maximum atomic E-state index is 13.8. The van der Waals surface area contributed by atoms with Gasteiger partial charge in [0.05, 0.1) is 12.1 Å². The number of carbonyl (C=O) groups excluding carboxylic acids is 1. The Bertz CT molecular complexity index is 594. The van der Waals surface area contributed by atoms with Gasteiger partial charge in [-0.3, -0.25) is 0 Å². The third-order valence-corrected chi connectivity index (χ3v) is 5.35. The van der Waals surface area contributed by atoms with Gasteiger partial charge in [0.25, 0.3) is 0 Å². The van der Waals surface area contributed by atoms with Crippen LogP contribution in [-0.4, -0.2) is 58.8 Å². The average molecular weight is 336 g/mol. The molecule has 0 aromatic carbocycles. The molecule has 1 aromatic rings. The smallest absolute Gasteiger partial charge is 0.318 e. The Labute approximate surface area is 141 Å². The first kappa shape index (κ1) is 17.0. The first-order valence-electron chi connectivity index (χ1n) is 8.64. The van der Waals surface area contributed by atoms with E-state index in [2.05, 4.69) is 10.3 Å². The van der Waals surface area contributed by atoms with Gasteiger partial charge in [-0.05, 0) is 37.8 Å². The molecule has 2 aliphatic rings. The van der Waals surface area contributed by atoms with E-state index in [1.165, 1.54) is 6.07 Å². The first-order chi connectivity index (χ1) is 11.6. The summed E-state index contributed by atoms with van der Waals surface area (Å²) in [5.41, 5.74) is -0.435. The van der Waals surface area contributed by atoms with Crippen LogP contribution in [0.25, 0.3) is 0 Å². The van der Waals surface area contributed by atoms with Crippen molar-refractivity contribution in [3.63, 3.8) is 0 Å². The maximum Gasteiger partial charge on any atom is 0.318 e. The van der Waals surface area contributed by atoms with E-state index in [1.54, 1.807) is 17.2 Å². The second kappa shape index (κ2) is 6.93. The van der Waals surface area contributed by atoms with Crippen molar-refractivity contribution in [1.82, 2.24) is 15.2 Å². The van der Waals surface area contributed by atoms with Crippen LogP contribution < -0.4 is 10.2 Å². The van der Waals surface area contributed by atoms with Crippen LogP contribution in [0.2, 0.25) is 0 Å². The van der Waals surface area contributed by atoms with Gasteiger partial charge in [0.15, 0.2) is 11.6 Å². The number of pyridine rings is 1. The summed E-state index contributed by atoms with van der Waals surface area (Å²) in [5.74, 6) is 0.00276. The number of anilines is 1. The monoisotopic (exact) mass is 336 g/mol. The van der Waals surface area contributed by atoms with Gasteiger partial charge in [0.2, 0.25) is 0 Å². The summed E-state index contributed by atoms with van der Waals surface area (Å²) in [6, 6.07) is 2.81. The van der Waals surface area contributed by atoms with Gasteiger partial charge < -0.3 is 20.2 Å². The fourth-order valence-corrected chi connectivity index (χ4v) is 3.83. The number of rotatable bonds is 4. The molecule has 3 heterocycles. The Balaban J connectivity index is 1.61. The Kier molecular flexibility index (Phi) is 4.89. The van der Waals surface area contributed by atoms with E-state index < -0.39 is 5.54 Å². The molecule has 1 aromatic heterocycles. The van der Waals surface area contributed by atoms with Crippen LogP contribution in [0.3, 0.4) is 0 Å². The number of aliphatic hydroxyl groups is 1. The zero-order chi connectivity index (χ0) is 17.2. The van der Waals surface area contributed by atoms with Gasteiger partial charge in [-0.25, -0.2) is 14.2 Å². The summed E-state index contributed by atoms with van der Waals surface area (Å²) in [5, 5.41) is 12.8. The fourth-order valence-electron chi connectivity index (χ4n) is 3.83. The Hall–Kier alpha value is -1.89. The number of hydrogen-bond donors (Lipinski definition) is 2. The van der Waals surface area contributed by atoms with Gasteiger partial charge in [-0.15, -0.1) is 0 Å². The second-order valence-corrected chi connectivity index (χ2v) is 6.68. The van der Waals surface area contributed by atoms with Crippen LogP contribution in [0.15, 0.2) is 18.3 Å². The van der Waals surface area contributed by atoms with Crippen molar-refractivity contribution in [2.24, 2.45) is 0 Å². The maximum absolute atomic E-state index is 13.8. The molecule has 0 unspecified atom stereocenters. The largest absolute Gasteiger partial charge is 0.394 e. The molecule has 0 radical (unpaired) electrons. The summed E-state index contributed by atoms with van der Waals surface area (Å²) in [6.07, 6.45) is 4.83. The first-order valence-corrected chi connectivity index (χ1v) is 8.64. The highest BCUT2D eigenvalue weighted by atomic mass is 19.1. The lowest BCUT2D eigenvalue weighted by Gasteiger charge is -2.37. The average Bonchev–Trinajstić information content (AvgIpc) is 3.22. The Morgan fingerprint density at radius 3 is 3.08 bits per heavy atom. The topological polar surface area (TPSA) is 68.7 Å². The van der Waals surface area contributed by atoms with Crippen LogP contribution in [0, 0.1) is 5.82 Å². The molecular weight excluding hydrogens is 311 g/mol. The van der Waals surface area contributed by atoms with Gasteiger partial charge in [-0.1, -0.05) is 6.92 Å². The highest BCUT2D eigenvalue weighted by Crippen LogP contribution is 2.32. The lowest BCUT2D eigenvalue weighted by atomic mass is 9.94. The summed E-state index contributed by atoms with van der Waals surface area (Å²) >= 11 is 0. The number of hydrogen-bond acceptors (Lipinski definition) is 4. The molecule has 2 N–H and O–H groups in total. The minimum absolute atomic E-state index is 0.00709. The fraction of sp³-hybridized carbons (Fsp3) is 0.647. The number of aliphatic hydroxyl groups excluding tert-OH is 1. The lowest BCUT2D eigenvalue weighted by molar-refractivity contribution is 0.0800. The number of nitrogens with zero attached hydrogens (tertiary/aromatic N) is 3. The highest BCUT2D eigenvalue weighted by molar-refractivity contribution is 5.76. The molecule has 0 aliphatic carbocycles. The van der Waals surface area contributed by atoms with Gasteiger partial charge in [-0.2, -0.15) is 0 Å². The third-order valence-electron chi connectivity index (χ3n) is 5.35. The summed E-state index contributed by atoms with van der Waals surface area (Å²) in [4.78, 5) is 20.4. The van der Waals surface area contributed by atoms with Crippen molar-refractivity contribution < 1.29 is 14.3 Å². The molecule has 0 bridgehead atoms. The number of likely N-dealkylation sites (tertiary alicyclic amines) is 1. The molecule has 24 heavy (non-hydrogen) atoms. The SMILES string of the molecule is CC[C@@]1(CO)CCCN1C(=O)N[C@@H]1CCN(c2ncccc2F)C1. The normalized spacial score (nSPS) is 26.9. The Morgan fingerprint density at radius 2 is 2.38 bits per heavy atom. The number of carbonyl (C=O) groups is 1. The number of nitrogens with one attached hydrogen (secondary N) is 1. The summed E-state index contributed by atoms with van der Waals surface area (Å²) < 4.78 is 13.8. The number of amides is 2. The molecule has 0 saturated carbocycles. The van der Waals surface area contributed by atoms with Crippen LogP contribution in [0.5, 0.6) is 0 Å². The minimum Gasteiger partial charge on any atom is -0.394 e. The zero-order valence-electron chi connectivity index (χ0n) is 14.0. The molecule has 132 valence electrons. The van der Waals surface area contributed by atoms with E-state index in [4.69, 9.17) is 0 Å². The predicted octanol–water partition coefficient (Wildman–Crippen LogP) is 1.75. The molecule has 7 heteroatoms. The van der Waals surface area contributed by atoms with Crippen molar-refractivity contribution in [2.75, 3.05) is 31.1 Å². The highest BCUT2D eigenvalue weighted by Gasteiger charge is 2.42. The van der Waals surface area contributed by atoms with Crippen LogP contribution >= 0.6 is 0 Å². The van der Waals surface area contributed by atoms with Gasteiger partial charge in [0, 0.05) is 31.9 Å². The molecule has 2 atom stereocenters. The number of urea groups is 1. The van der Waals surface area contributed by atoms with E-state index in [9.17, 15) is 14.3 Å². The van der Waals surface area contributed by atoms with E-state index in [0.29, 0.717) is 25.5 Å². The van der Waals surface area contributed by atoms with Crippen molar-refractivity contribution in [3.05, 3.63) is 24.1 Å². The summed E-state index contributed by atoms with van der Waals surface area (Å²) in [7, 11) is 0. The van der Waals surface area contributed by atoms with Crippen molar-refractivity contribution in [1.29, 1.82) is 0 Å². The van der Waals surface area contributed by atoms with E-state index >= 15 is 0 Å². The van der Waals surface area contributed by atoms with E-state index in [0.717, 1.165) is 25.7 Å². The number of aromatic nitrogens is 1. The van der Waals surface area contributed by atoms with Crippen LogP contribution in [0.1, 0.15) is 32.6 Å². The molecule has 2 saturated heterocycles. The standard InChI is InChI=1S/C17H25FN4O2/c1-2-17(12-23)7-4-9-22(17)16(24)20-13-6-10-21(11-13)15-14(18)5-3-8-19-15/h3,5,8,13,23H,2,4,6-7,9-12H2,1H3,(H,20,24)/t13-,17+/m1/s1. The van der Waals surface area contributed by atoms with Crippen LogP contribution in [0.4, 0.5) is 15.0 Å². The van der Waals surface area contributed by atoms with Gasteiger partial charge in [0.1, 0.15) is 0 Å². The predicted molar refractivity (Wildman–Crippen MR) is 89.4 cm³/mol. The number of halogens is 1. The molecular formula is C17H25FN4O2. The lowest BCUT2D eigenvalue weighted by Crippen LogP contribution is -2.55. The second-order valence-electron chi connectivity index (χ2n) is 6.68. The van der Waals surface area contributed by atoms with E-state index in [-0.39, 0.29) is 24.5 Å². The third kappa shape index (κ3) is 3.05. The van der Waals surface area contributed by atoms with Crippen molar-refractivity contribution >= 4 is 11.8 Å². The molecule has 3 rings (SSSR count). The Morgan fingerprint density at radius 1 is 1.54 bits per heavy atom. The molecule has 2 fully saturated rings. The molecule has 2 aliphatic heterocycles. The zero-order valence-corrected chi connectivity index (χ0v) is 14.0. The van der Waals surface area contributed by atoms with E-state index in [1.807, 2.05) is 11.8 Å². The minimum atomic E-state index is -0.435. The molecule has 6 nitrogen and oxygen atoms in total. The van der Waals surface area contributed by atoms with Gasteiger partial charge >= 0.3 is 6.03 Å². The van der Waals surface area contributed by atoms with Crippen molar-refractivity contribution in [3.8, 4) is 0 Å². The molecule has 2 amide bonds. The van der Waals surface area contributed by atoms with Crippen molar-refractivity contribution in [2.45, 2.75) is 44.2 Å². The molecule has 0 spiro atoms.